The Morgan fingerprint density at radius 2 is 1.54 bits per heavy atom. The number of hydrogen-bond acceptors (Lipinski definition) is 7. The minimum atomic E-state index is -4.21. The fourth-order valence-corrected chi connectivity index (χ4v) is 5.31. The van der Waals surface area contributed by atoms with Crippen LogP contribution in [-0.4, -0.2) is 73.7 Å². The van der Waals surface area contributed by atoms with Gasteiger partial charge >= 0.3 is 12.0 Å². The Kier molecular flexibility index (Phi) is 7.63. The van der Waals surface area contributed by atoms with Crippen molar-refractivity contribution >= 4 is 27.9 Å². The first kappa shape index (κ1) is 26.0. The average molecular weight is 526 g/mol. The number of rotatable bonds is 6. The van der Waals surface area contributed by atoms with Gasteiger partial charge in [-0.05, 0) is 48.9 Å². The van der Waals surface area contributed by atoms with E-state index in [9.17, 15) is 22.8 Å². The van der Waals surface area contributed by atoms with E-state index in [0.717, 1.165) is 9.87 Å². The third kappa shape index (κ3) is 5.67. The molecule has 0 spiro atoms. The maximum Gasteiger partial charge on any atom is 0.337 e. The van der Waals surface area contributed by atoms with Crippen LogP contribution in [0.3, 0.4) is 0 Å². The van der Waals surface area contributed by atoms with E-state index in [-0.39, 0.29) is 49.3 Å². The average Bonchev–Trinajstić information content (AvgIpc) is 3.46. The largest absolute Gasteiger partial charge is 0.465 e. The Bertz CT molecular complexity index is 1360. The Balaban J connectivity index is 1.56. The molecular formula is C26H27N3O7S. The molecule has 0 radical (unpaired) electrons. The van der Waals surface area contributed by atoms with Crippen LogP contribution >= 0.6 is 0 Å². The quantitative estimate of drug-likeness (QED) is 0.454. The van der Waals surface area contributed by atoms with Gasteiger partial charge in [0.05, 0.1) is 30.4 Å². The van der Waals surface area contributed by atoms with E-state index in [1.54, 1.807) is 41.3 Å². The predicted molar refractivity (Wildman–Crippen MR) is 133 cm³/mol. The summed E-state index contributed by atoms with van der Waals surface area (Å²) in [5.41, 5.74) is 1.71. The maximum absolute atomic E-state index is 13.6. The number of ether oxygens (including phenoxy) is 1. The van der Waals surface area contributed by atoms with E-state index in [2.05, 4.69) is 0 Å². The van der Waals surface area contributed by atoms with Crippen LogP contribution in [0.4, 0.5) is 4.79 Å². The number of carbonyl (C=O) groups is 3. The molecule has 0 unspecified atom stereocenters. The van der Waals surface area contributed by atoms with E-state index in [0.29, 0.717) is 11.1 Å². The molecule has 0 bridgehead atoms. The Morgan fingerprint density at radius 3 is 2.11 bits per heavy atom. The summed E-state index contributed by atoms with van der Waals surface area (Å²) >= 11 is 0. The standard InChI is InChI=1S/C26H27N3O7S/c1-19-5-11-22(12-6-19)37(33,34)29(18-20-7-9-21(10-8-20)25(31)35-2)26(32)28-15-13-27(14-16-28)24(30)23-4-3-17-36-23/h3-12,17H,13-16,18H2,1-2H3. The van der Waals surface area contributed by atoms with Crippen molar-refractivity contribution in [1.82, 2.24) is 14.1 Å². The van der Waals surface area contributed by atoms with Crippen LogP contribution in [0.5, 0.6) is 0 Å². The normalized spacial score (nSPS) is 13.8. The summed E-state index contributed by atoms with van der Waals surface area (Å²) in [6.07, 6.45) is 1.42. The number of esters is 1. The molecule has 2 aromatic carbocycles. The second-order valence-corrected chi connectivity index (χ2v) is 10.4. The van der Waals surface area contributed by atoms with Gasteiger partial charge < -0.3 is 19.0 Å². The van der Waals surface area contributed by atoms with Crippen LogP contribution in [0.15, 0.2) is 76.2 Å². The van der Waals surface area contributed by atoms with Gasteiger partial charge in [0.1, 0.15) is 0 Å². The van der Waals surface area contributed by atoms with Gasteiger partial charge in [-0.15, -0.1) is 0 Å². The van der Waals surface area contributed by atoms with Gasteiger partial charge in [-0.1, -0.05) is 29.8 Å². The highest BCUT2D eigenvalue weighted by molar-refractivity contribution is 7.89. The fraction of sp³-hybridized carbons (Fsp3) is 0.269. The molecular weight excluding hydrogens is 498 g/mol. The summed E-state index contributed by atoms with van der Waals surface area (Å²) in [7, 11) is -2.94. The number of amides is 3. The van der Waals surface area contributed by atoms with Crippen LogP contribution in [0.1, 0.15) is 32.0 Å². The number of hydrogen-bond donors (Lipinski definition) is 0. The van der Waals surface area contributed by atoms with E-state index in [4.69, 9.17) is 9.15 Å². The maximum atomic E-state index is 13.6. The van der Waals surface area contributed by atoms with Crippen molar-refractivity contribution in [3.8, 4) is 0 Å². The molecule has 0 atom stereocenters. The number of urea groups is 1. The highest BCUT2D eigenvalue weighted by atomic mass is 32.2. The van der Waals surface area contributed by atoms with Gasteiger partial charge in [0, 0.05) is 26.2 Å². The number of furan rings is 1. The topological polar surface area (TPSA) is 117 Å². The number of methoxy groups -OCH3 is 1. The zero-order valence-electron chi connectivity index (χ0n) is 20.5. The molecule has 0 N–H and O–H groups in total. The van der Waals surface area contributed by atoms with Crippen LogP contribution in [-0.2, 0) is 21.3 Å². The lowest BCUT2D eigenvalue weighted by molar-refractivity contribution is 0.0599. The third-order valence-electron chi connectivity index (χ3n) is 6.09. The van der Waals surface area contributed by atoms with Crippen molar-refractivity contribution in [3.05, 3.63) is 89.4 Å². The molecule has 0 saturated carbocycles. The van der Waals surface area contributed by atoms with Gasteiger partial charge in [-0.25, -0.2) is 22.3 Å². The third-order valence-corrected chi connectivity index (χ3v) is 7.83. The lowest BCUT2D eigenvalue weighted by Gasteiger charge is -2.37. The highest BCUT2D eigenvalue weighted by Gasteiger charge is 2.35. The number of aryl methyl sites for hydroxylation is 1. The second-order valence-electron chi connectivity index (χ2n) is 8.55. The van der Waals surface area contributed by atoms with Crippen molar-refractivity contribution < 1.29 is 32.0 Å². The van der Waals surface area contributed by atoms with Gasteiger partial charge in [0.2, 0.25) is 0 Å². The molecule has 1 aliphatic heterocycles. The minimum absolute atomic E-state index is 0.00994. The Labute approximate surface area is 215 Å². The molecule has 1 aromatic heterocycles. The van der Waals surface area contributed by atoms with Crippen molar-refractivity contribution in [1.29, 1.82) is 0 Å². The lowest BCUT2D eigenvalue weighted by atomic mass is 10.1. The van der Waals surface area contributed by atoms with Crippen molar-refractivity contribution in [2.45, 2.75) is 18.4 Å². The zero-order valence-corrected chi connectivity index (χ0v) is 21.3. The summed E-state index contributed by atoms with van der Waals surface area (Å²) in [5, 5.41) is 0. The van der Waals surface area contributed by atoms with Crippen molar-refractivity contribution in [3.63, 3.8) is 0 Å². The number of sulfonamides is 1. The summed E-state index contributed by atoms with van der Waals surface area (Å²) in [6.45, 7) is 2.39. The van der Waals surface area contributed by atoms with Gasteiger partial charge in [0.15, 0.2) is 5.76 Å². The molecule has 3 aromatic rings. The SMILES string of the molecule is COC(=O)c1ccc(CN(C(=O)N2CCN(C(=O)c3ccco3)CC2)S(=O)(=O)c2ccc(C)cc2)cc1. The first-order chi connectivity index (χ1) is 17.7. The van der Waals surface area contributed by atoms with Gasteiger partial charge in [-0.2, -0.15) is 0 Å². The molecule has 2 heterocycles. The molecule has 11 heteroatoms. The molecule has 3 amide bonds. The van der Waals surface area contributed by atoms with E-state index >= 15 is 0 Å². The van der Waals surface area contributed by atoms with Gasteiger partial charge in [-0.3, -0.25) is 4.79 Å². The predicted octanol–water partition coefficient (Wildman–Crippen LogP) is 3.14. The van der Waals surface area contributed by atoms with E-state index in [1.165, 1.54) is 42.5 Å². The number of nitrogens with zero attached hydrogens (tertiary/aromatic N) is 3. The molecule has 1 aliphatic rings. The van der Waals surface area contributed by atoms with Crippen molar-refractivity contribution in [2.24, 2.45) is 0 Å². The smallest absolute Gasteiger partial charge is 0.337 e. The van der Waals surface area contributed by atoms with Crippen LogP contribution < -0.4 is 0 Å². The first-order valence-electron chi connectivity index (χ1n) is 11.6. The fourth-order valence-electron chi connectivity index (χ4n) is 3.94. The van der Waals surface area contributed by atoms with Gasteiger partial charge in [0.25, 0.3) is 15.9 Å². The molecule has 0 aliphatic carbocycles. The first-order valence-corrected chi connectivity index (χ1v) is 13.0. The summed E-state index contributed by atoms with van der Waals surface area (Å²) in [5.74, 6) is -0.598. The Hall–Kier alpha value is -4.12. The second kappa shape index (κ2) is 10.9. The van der Waals surface area contributed by atoms with E-state index in [1.807, 2.05) is 6.92 Å². The number of carbonyl (C=O) groups excluding carboxylic acids is 3. The van der Waals surface area contributed by atoms with Crippen molar-refractivity contribution in [2.75, 3.05) is 33.3 Å². The zero-order chi connectivity index (χ0) is 26.6. The summed E-state index contributed by atoms with van der Waals surface area (Å²) in [4.78, 5) is 40.9. The summed E-state index contributed by atoms with van der Waals surface area (Å²) < 4.78 is 37.9. The minimum Gasteiger partial charge on any atom is -0.465 e. The summed E-state index contributed by atoms with van der Waals surface area (Å²) in [6, 6.07) is 15.0. The number of piperazine rings is 1. The van der Waals surface area contributed by atoms with Crippen LogP contribution in [0.25, 0.3) is 0 Å². The molecule has 194 valence electrons. The molecule has 1 saturated heterocycles. The molecule has 10 nitrogen and oxygen atoms in total. The lowest BCUT2D eigenvalue weighted by Crippen LogP contribution is -2.54. The molecule has 1 fully saturated rings. The van der Waals surface area contributed by atoms with Crippen LogP contribution in [0.2, 0.25) is 0 Å². The van der Waals surface area contributed by atoms with E-state index < -0.39 is 22.0 Å². The highest BCUT2D eigenvalue weighted by Crippen LogP contribution is 2.22. The Morgan fingerprint density at radius 1 is 0.919 bits per heavy atom. The molecule has 37 heavy (non-hydrogen) atoms. The molecule has 4 rings (SSSR count). The van der Waals surface area contributed by atoms with Crippen LogP contribution in [0, 0.1) is 6.92 Å². The number of benzene rings is 2. The monoisotopic (exact) mass is 525 g/mol.